The largest absolute Gasteiger partial charge is 0.383 e. The molecule has 0 aliphatic rings. The molecule has 1 aromatic carbocycles. The lowest BCUT2D eigenvalue weighted by Gasteiger charge is -2.15. The van der Waals surface area contributed by atoms with Crippen LogP contribution in [0.4, 0.5) is 4.39 Å². The van der Waals surface area contributed by atoms with Crippen molar-refractivity contribution in [3.8, 4) is 0 Å². The van der Waals surface area contributed by atoms with E-state index < -0.39 is 11.7 Å². The van der Waals surface area contributed by atoms with E-state index in [2.05, 4.69) is 21.2 Å². The van der Waals surface area contributed by atoms with Gasteiger partial charge in [0.2, 0.25) is 0 Å². The molecule has 1 amide bonds. The van der Waals surface area contributed by atoms with E-state index in [0.29, 0.717) is 11.9 Å². The van der Waals surface area contributed by atoms with Gasteiger partial charge in [0.15, 0.2) is 5.82 Å². The molecule has 17 heavy (non-hydrogen) atoms. The summed E-state index contributed by atoms with van der Waals surface area (Å²) in [6.45, 7) is 0.346. The summed E-state index contributed by atoms with van der Waals surface area (Å²) in [6, 6.07) is 4.09. The van der Waals surface area contributed by atoms with Crippen molar-refractivity contribution < 1.29 is 13.9 Å². The average Bonchev–Trinajstić information content (AvgIpc) is 2.31. The molecule has 0 aromatic heterocycles. The molecule has 0 spiro atoms. The van der Waals surface area contributed by atoms with Crippen LogP contribution in [-0.4, -0.2) is 31.0 Å². The van der Waals surface area contributed by atoms with Gasteiger partial charge in [-0.05, 0) is 12.1 Å². The Morgan fingerprint density at radius 2 is 2.35 bits per heavy atom. The highest BCUT2D eigenvalue weighted by Crippen LogP contribution is 2.17. The number of carbonyl (C=O) groups excluding carboxylic acids is 1. The van der Waals surface area contributed by atoms with Crippen molar-refractivity contribution in [3.05, 3.63) is 34.6 Å². The van der Waals surface area contributed by atoms with Gasteiger partial charge in [-0.25, -0.2) is 4.39 Å². The first-order chi connectivity index (χ1) is 8.10. The number of carbonyl (C=O) groups is 1. The average molecular weight is 325 g/mol. The maximum Gasteiger partial charge on any atom is 0.254 e. The molecule has 1 unspecified atom stereocenters. The van der Waals surface area contributed by atoms with Crippen molar-refractivity contribution >= 4 is 33.4 Å². The van der Waals surface area contributed by atoms with Gasteiger partial charge in [0.25, 0.3) is 5.91 Å². The molecule has 1 rings (SSSR count). The van der Waals surface area contributed by atoms with Crippen LogP contribution in [0.25, 0.3) is 0 Å². The molecule has 6 heteroatoms. The minimum atomic E-state index is -0.711. The molecule has 1 aromatic rings. The van der Waals surface area contributed by atoms with Crippen LogP contribution in [0, 0.1) is 5.82 Å². The number of methoxy groups -OCH3 is 1. The van der Waals surface area contributed by atoms with Crippen molar-refractivity contribution in [2.75, 3.05) is 19.0 Å². The molecule has 0 heterocycles. The van der Waals surface area contributed by atoms with Gasteiger partial charge in [-0.1, -0.05) is 33.6 Å². The van der Waals surface area contributed by atoms with Gasteiger partial charge in [-0.2, -0.15) is 0 Å². The number of benzene rings is 1. The number of amides is 1. The number of rotatable bonds is 5. The molecule has 0 bridgehead atoms. The standard InChI is InChI=1S/C11H12BrClFNO2/c1-17-6-7(5-12)15-11(16)8-3-2-4-9(13)10(8)14/h2-4,7H,5-6H2,1H3,(H,15,16). The topological polar surface area (TPSA) is 38.3 Å². The van der Waals surface area contributed by atoms with Gasteiger partial charge in [0.05, 0.1) is 23.2 Å². The molecule has 0 aliphatic heterocycles. The fourth-order valence-electron chi connectivity index (χ4n) is 1.27. The summed E-state index contributed by atoms with van der Waals surface area (Å²) >= 11 is 8.84. The molecule has 0 aliphatic carbocycles. The maximum atomic E-state index is 13.6. The third-order valence-corrected chi connectivity index (χ3v) is 3.16. The summed E-state index contributed by atoms with van der Waals surface area (Å²) in [5, 5.41) is 3.10. The smallest absolute Gasteiger partial charge is 0.254 e. The first-order valence-corrected chi connectivity index (χ1v) is 6.39. The summed E-state index contributed by atoms with van der Waals surface area (Å²) in [5.74, 6) is -1.22. The normalized spacial score (nSPS) is 12.2. The zero-order valence-corrected chi connectivity index (χ0v) is 11.5. The van der Waals surface area contributed by atoms with Gasteiger partial charge in [-0.15, -0.1) is 0 Å². The predicted octanol–water partition coefficient (Wildman–Crippen LogP) is 2.62. The van der Waals surface area contributed by atoms with Crippen LogP contribution in [0.15, 0.2) is 18.2 Å². The predicted molar refractivity (Wildman–Crippen MR) is 68.3 cm³/mol. The number of hydrogen-bond donors (Lipinski definition) is 1. The minimum absolute atomic E-state index is 0.0696. The lowest BCUT2D eigenvalue weighted by atomic mass is 10.2. The van der Waals surface area contributed by atoms with Crippen LogP contribution >= 0.6 is 27.5 Å². The van der Waals surface area contributed by atoms with Gasteiger partial charge in [0.1, 0.15) is 0 Å². The van der Waals surface area contributed by atoms with E-state index in [1.165, 1.54) is 25.3 Å². The first kappa shape index (κ1) is 14.4. The molecule has 0 fully saturated rings. The van der Waals surface area contributed by atoms with Crippen LogP contribution in [0.3, 0.4) is 0 Å². The molecular weight excluding hydrogens is 312 g/mol. The van der Waals surface area contributed by atoms with Crippen molar-refractivity contribution in [2.45, 2.75) is 6.04 Å². The number of ether oxygens (including phenoxy) is 1. The molecule has 0 radical (unpaired) electrons. The van der Waals surface area contributed by atoms with Crippen molar-refractivity contribution in [2.24, 2.45) is 0 Å². The number of alkyl halides is 1. The van der Waals surface area contributed by atoms with Crippen molar-refractivity contribution in [1.82, 2.24) is 5.32 Å². The fraction of sp³-hybridized carbons (Fsp3) is 0.364. The molecule has 1 atom stereocenters. The van der Waals surface area contributed by atoms with Gasteiger partial charge in [-0.3, -0.25) is 4.79 Å². The molecule has 0 saturated heterocycles. The summed E-state index contributed by atoms with van der Waals surface area (Å²) in [5.41, 5.74) is -0.0699. The summed E-state index contributed by atoms with van der Waals surface area (Å²) in [6.07, 6.45) is 0. The van der Waals surface area contributed by atoms with Crippen molar-refractivity contribution in [3.63, 3.8) is 0 Å². The number of hydrogen-bond acceptors (Lipinski definition) is 2. The molecule has 1 N–H and O–H groups in total. The van der Waals surface area contributed by atoms with E-state index in [-0.39, 0.29) is 16.6 Å². The van der Waals surface area contributed by atoms with Crippen molar-refractivity contribution in [1.29, 1.82) is 0 Å². The van der Waals surface area contributed by atoms with Crippen LogP contribution in [0.1, 0.15) is 10.4 Å². The van der Waals surface area contributed by atoms with E-state index in [4.69, 9.17) is 16.3 Å². The van der Waals surface area contributed by atoms with Gasteiger partial charge >= 0.3 is 0 Å². The highest BCUT2D eigenvalue weighted by atomic mass is 79.9. The highest BCUT2D eigenvalue weighted by molar-refractivity contribution is 9.09. The molecule has 0 saturated carbocycles. The van der Waals surface area contributed by atoms with Gasteiger partial charge in [0, 0.05) is 12.4 Å². The SMILES string of the molecule is COCC(CBr)NC(=O)c1cccc(Cl)c1F. The molecule has 3 nitrogen and oxygen atoms in total. The molecule has 94 valence electrons. The quantitative estimate of drug-likeness (QED) is 0.846. The third kappa shape index (κ3) is 3.94. The van der Waals surface area contributed by atoms with E-state index in [9.17, 15) is 9.18 Å². The second kappa shape index (κ2) is 6.93. The lowest BCUT2D eigenvalue weighted by molar-refractivity contribution is 0.0904. The second-order valence-corrected chi connectivity index (χ2v) is 4.44. The van der Waals surface area contributed by atoms with Crippen LogP contribution in [0.5, 0.6) is 0 Å². The van der Waals surface area contributed by atoms with Crippen LogP contribution in [0.2, 0.25) is 5.02 Å². The maximum absolute atomic E-state index is 13.6. The summed E-state index contributed by atoms with van der Waals surface area (Å²) in [4.78, 5) is 11.8. The van der Waals surface area contributed by atoms with E-state index in [0.717, 1.165) is 0 Å². The summed E-state index contributed by atoms with van der Waals surface area (Å²) < 4.78 is 18.5. The number of nitrogens with one attached hydrogen (secondary N) is 1. The Balaban J connectivity index is 2.79. The Bertz CT molecular complexity index is 403. The Labute approximate surface area is 112 Å². The van der Waals surface area contributed by atoms with Crippen LogP contribution < -0.4 is 5.32 Å². The number of halogens is 3. The Kier molecular flexibility index (Phi) is 5.88. The second-order valence-electron chi connectivity index (χ2n) is 3.38. The zero-order valence-electron chi connectivity index (χ0n) is 9.17. The minimum Gasteiger partial charge on any atom is -0.383 e. The van der Waals surface area contributed by atoms with E-state index in [1.807, 2.05) is 0 Å². The summed E-state index contributed by atoms with van der Waals surface area (Å²) in [7, 11) is 1.53. The van der Waals surface area contributed by atoms with Gasteiger partial charge < -0.3 is 10.1 Å². The molecular formula is C11H12BrClFNO2. The first-order valence-electron chi connectivity index (χ1n) is 4.90. The Morgan fingerprint density at radius 1 is 1.65 bits per heavy atom. The Hall–Kier alpha value is -0.650. The fourth-order valence-corrected chi connectivity index (χ4v) is 1.79. The monoisotopic (exact) mass is 323 g/mol. The Morgan fingerprint density at radius 3 is 2.94 bits per heavy atom. The van der Waals surface area contributed by atoms with E-state index >= 15 is 0 Å². The lowest BCUT2D eigenvalue weighted by Crippen LogP contribution is -2.39. The third-order valence-electron chi connectivity index (χ3n) is 2.09. The van der Waals surface area contributed by atoms with E-state index in [1.54, 1.807) is 0 Å². The zero-order chi connectivity index (χ0) is 12.8. The highest BCUT2D eigenvalue weighted by Gasteiger charge is 2.17. The van der Waals surface area contributed by atoms with Crippen LogP contribution in [-0.2, 0) is 4.74 Å².